The van der Waals surface area contributed by atoms with E-state index in [1.807, 2.05) is 18.2 Å². The van der Waals surface area contributed by atoms with Gasteiger partial charge in [0, 0.05) is 72.7 Å². The van der Waals surface area contributed by atoms with Crippen molar-refractivity contribution in [3.8, 4) is 11.1 Å². The first-order valence-corrected chi connectivity index (χ1v) is 15.9. The summed E-state index contributed by atoms with van der Waals surface area (Å²) in [4.78, 5) is 27.2. The molecule has 2 aliphatic heterocycles. The number of anilines is 2. The molecule has 0 bridgehead atoms. The van der Waals surface area contributed by atoms with E-state index in [-0.39, 0.29) is 13.0 Å². The van der Waals surface area contributed by atoms with E-state index in [1.54, 1.807) is 28.7 Å². The van der Waals surface area contributed by atoms with Crippen LogP contribution >= 0.6 is 34.5 Å². The van der Waals surface area contributed by atoms with E-state index in [1.165, 1.54) is 21.7 Å². The zero-order chi connectivity index (χ0) is 29.7. The lowest BCUT2D eigenvalue weighted by molar-refractivity contribution is -0.118. The molecular weight excluding hydrogens is 610 g/mol. The predicted octanol–water partition coefficient (Wildman–Crippen LogP) is 5.93. The van der Waals surface area contributed by atoms with Gasteiger partial charge >= 0.3 is 0 Å². The smallest absolute Gasteiger partial charge is 0.257 e. The van der Waals surface area contributed by atoms with Crippen molar-refractivity contribution in [1.82, 2.24) is 29.2 Å². The molecule has 2 unspecified atom stereocenters. The number of fused-ring (bicyclic) bond motifs is 2. The predicted molar refractivity (Wildman–Crippen MR) is 169 cm³/mol. The molecule has 9 nitrogen and oxygen atoms in total. The number of carbonyl (C=O) groups excluding carboxylic acids is 1. The molecular formula is C30H29Cl2FN8OS. The minimum atomic E-state index is -1.03. The summed E-state index contributed by atoms with van der Waals surface area (Å²) in [6.45, 7) is 7.57. The average Bonchev–Trinajstić information content (AvgIpc) is 3.82. The lowest BCUT2D eigenvalue weighted by atomic mass is 10.0. The molecule has 7 rings (SSSR count). The van der Waals surface area contributed by atoms with Crippen LogP contribution in [0, 0.1) is 0 Å². The third kappa shape index (κ3) is 5.28. The molecule has 1 amide bonds. The second-order valence-corrected chi connectivity index (χ2v) is 12.5. The Morgan fingerprint density at radius 1 is 1.16 bits per heavy atom. The molecule has 43 heavy (non-hydrogen) atoms. The fourth-order valence-corrected chi connectivity index (χ4v) is 7.07. The summed E-state index contributed by atoms with van der Waals surface area (Å²) in [5.41, 5.74) is 4.40. The van der Waals surface area contributed by atoms with E-state index in [9.17, 15) is 9.18 Å². The van der Waals surface area contributed by atoms with Crippen molar-refractivity contribution < 1.29 is 9.18 Å². The zero-order valence-corrected chi connectivity index (χ0v) is 25.7. The molecule has 0 spiro atoms. The van der Waals surface area contributed by atoms with Gasteiger partial charge in [0.15, 0.2) is 11.2 Å². The van der Waals surface area contributed by atoms with Gasteiger partial charge in [-0.25, -0.2) is 14.4 Å². The highest BCUT2D eigenvalue weighted by Gasteiger charge is 2.34. The SMILES string of the molecule is CCN1CCN(c2ccc(-c3cc(Cl)c4cn(C(C(=O)Nc5nccs5)c5ncn6c5CC(F)C6)nc4c3Cl)cc2)CC1. The number of halogens is 3. The highest BCUT2D eigenvalue weighted by molar-refractivity contribution is 7.13. The van der Waals surface area contributed by atoms with Crippen LogP contribution in [0.15, 0.2) is 54.4 Å². The molecule has 222 valence electrons. The van der Waals surface area contributed by atoms with Crippen molar-refractivity contribution in [1.29, 1.82) is 0 Å². The normalized spacial score (nSPS) is 17.9. The van der Waals surface area contributed by atoms with Crippen LogP contribution in [0.4, 0.5) is 15.2 Å². The number of hydrogen-bond acceptors (Lipinski definition) is 7. The number of piperazine rings is 1. The van der Waals surface area contributed by atoms with Crippen LogP contribution < -0.4 is 10.2 Å². The Kier molecular flexibility index (Phi) is 7.58. The van der Waals surface area contributed by atoms with Crippen LogP contribution in [-0.2, 0) is 17.8 Å². The van der Waals surface area contributed by atoms with E-state index in [0.717, 1.165) is 43.9 Å². The first-order valence-electron chi connectivity index (χ1n) is 14.2. The van der Waals surface area contributed by atoms with Crippen LogP contribution in [0.3, 0.4) is 0 Å². The molecule has 0 saturated carbocycles. The van der Waals surface area contributed by atoms with Gasteiger partial charge in [-0.15, -0.1) is 11.3 Å². The molecule has 13 heteroatoms. The van der Waals surface area contributed by atoms with Gasteiger partial charge in [0.05, 0.1) is 28.6 Å². The van der Waals surface area contributed by atoms with E-state index in [4.69, 9.17) is 28.3 Å². The van der Waals surface area contributed by atoms with Crippen molar-refractivity contribution in [2.75, 3.05) is 42.9 Å². The van der Waals surface area contributed by atoms with Crippen molar-refractivity contribution in [3.63, 3.8) is 0 Å². The van der Waals surface area contributed by atoms with Crippen molar-refractivity contribution in [3.05, 3.63) is 75.9 Å². The number of nitrogens with one attached hydrogen (secondary N) is 1. The number of benzene rings is 2. The monoisotopic (exact) mass is 638 g/mol. The van der Waals surface area contributed by atoms with E-state index < -0.39 is 18.1 Å². The maximum Gasteiger partial charge on any atom is 0.257 e. The lowest BCUT2D eigenvalue weighted by Crippen LogP contribution is -2.46. The van der Waals surface area contributed by atoms with Crippen molar-refractivity contribution in [2.45, 2.75) is 32.1 Å². The summed E-state index contributed by atoms with van der Waals surface area (Å²) < 4.78 is 17.6. The quantitative estimate of drug-likeness (QED) is 0.238. The maximum atomic E-state index is 14.3. The highest BCUT2D eigenvalue weighted by atomic mass is 35.5. The summed E-state index contributed by atoms with van der Waals surface area (Å²) in [5.74, 6) is -0.394. The number of likely N-dealkylation sites (N-methyl/N-ethyl adjacent to an activating group) is 1. The standard InChI is InChI=1S/C30H29Cl2FN8OS/c1-2-38-8-10-39(11-9-38)20-5-3-18(4-6-20)21-14-23(31)22-16-41(37-26(22)25(21)32)28(29(42)36-30-34-7-12-43-30)27-24-13-19(33)15-40(24)17-35-27/h3-7,12,14,16-17,19,28H,2,8-11,13,15H2,1H3,(H,34,36,42). The van der Waals surface area contributed by atoms with Crippen LogP contribution in [0.1, 0.15) is 24.4 Å². The van der Waals surface area contributed by atoms with E-state index in [0.29, 0.717) is 37.5 Å². The summed E-state index contributed by atoms with van der Waals surface area (Å²) in [7, 11) is 0. The van der Waals surface area contributed by atoms with E-state index in [2.05, 4.69) is 44.1 Å². The van der Waals surface area contributed by atoms with Gasteiger partial charge in [-0.05, 0) is 30.3 Å². The Balaban J connectivity index is 1.24. The maximum absolute atomic E-state index is 14.3. The van der Waals surface area contributed by atoms with E-state index >= 15 is 0 Å². The fraction of sp³-hybridized carbons (Fsp3) is 0.333. The van der Waals surface area contributed by atoms with Crippen molar-refractivity contribution in [2.24, 2.45) is 0 Å². The minimum Gasteiger partial charge on any atom is -0.369 e. The Hall–Kier alpha value is -3.51. The Morgan fingerprint density at radius 2 is 1.95 bits per heavy atom. The highest BCUT2D eigenvalue weighted by Crippen LogP contribution is 2.40. The summed E-state index contributed by atoms with van der Waals surface area (Å²) in [6, 6.07) is 9.17. The molecule has 5 aromatic rings. The number of thiazole rings is 1. The third-order valence-electron chi connectivity index (χ3n) is 8.29. The Morgan fingerprint density at radius 3 is 2.67 bits per heavy atom. The van der Waals surface area contributed by atoms with Crippen molar-refractivity contribution >= 4 is 62.2 Å². The van der Waals surface area contributed by atoms with Gasteiger partial charge in [-0.3, -0.25) is 14.8 Å². The number of hydrogen-bond donors (Lipinski definition) is 1. The molecule has 1 N–H and O–H groups in total. The van der Waals surface area contributed by atoms with Gasteiger partial charge in [0.25, 0.3) is 5.91 Å². The molecule has 0 radical (unpaired) electrons. The van der Waals surface area contributed by atoms with Gasteiger partial charge in [-0.2, -0.15) is 5.10 Å². The Bertz CT molecular complexity index is 1780. The fourth-order valence-electron chi connectivity index (χ4n) is 5.99. The number of rotatable bonds is 7. The molecule has 3 aromatic heterocycles. The Labute approximate surface area is 261 Å². The molecule has 0 aliphatic carbocycles. The van der Waals surface area contributed by atoms with Crippen LogP contribution in [-0.4, -0.2) is 74.0 Å². The van der Waals surface area contributed by atoms with Gasteiger partial charge < -0.3 is 14.4 Å². The number of carbonyl (C=O) groups is 1. The minimum absolute atomic E-state index is 0.174. The number of imidazole rings is 1. The number of alkyl halides is 1. The molecule has 2 atom stereocenters. The van der Waals surface area contributed by atoms with Crippen LogP contribution in [0.2, 0.25) is 10.0 Å². The first-order chi connectivity index (χ1) is 20.9. The lowest BCUT2D eigenvalue weighted by Gasteiger charge is -2.35. The summed E-state index contributed by atoms with van der Waals surface area (Å²) >= 11 is 15.1. The summed E-state index contributed by atoms with van der Waals surface area (Å²) in [6.07, 6.45) is 4.02. The molecule has 2 aromatic carbocycles. The van der Waals surface area contributed by atoms with Gasteiger partial charge in [-0.1, -0.05) is 42.3 Å². The second-order valence-electron chi connectivity index (χ2n) is 10.8. The van der Waals surface area contributed by atoms with Gasteiger partial charge in [0.1, 0.15) is 11.7 Å². The number of aromatic nitrogens is 5. The average molecular weight is 640 g/mol. The second kappa shape index (κ2) is 11.5. The summed E-state index contributed by atoms with van der Waals surface area (Å²) in [5, 5.41) is 11.3. The molecule has 1 saturated heterocycles. The largest absolute Gasteiger partial charge is 0.369 e. The van der Waals surface area contributed by atoms with Crippen LogP contribution in [0.5, 0.6) is 0 Å². The van der Waals surface area contributed by atoms with Crippen LogP contribution in [0.25, 0.3) is 22.0 Å². The van der Waals surface area contributed by atoms with Gasteiger partial charge in [0.2, 0.25) is 0 Å². The third-order valence-corrected chi connectivity index (χ3v) is 9.67. The topological polar surface area (TPSA) is 84.1 Å². The number of amides is 1. The number of nitrogens with zero attached hydrogens (tertiary/aromatic N) is 7. The zero-order valence-electron chi connectivity index (χ0n) is 23.4. The molecule has 2 aliphatic rings. The first kappa shape index (κ1) is 28.3. The molecule has 1 fully saturated rings. The molecule has 5 heterocycles.